The molecule has 0 aromatic rings. The molecular weight excluding hydrogens is 278 g/mol. The molecule has 0 saturated heterocycles. The molecule has 1 amide bonds. The van der Waals surface area contributed by atoms with Gasteiger partial charge in [-0.15, -0.1) is 0 Å². The number of carbonyl (C=O) groups is 1. The highest BCUT2D eigenvalue weighted by Gasteiger charge is 2.25. The zero-order valence-corrected chi connectivity index (χ0v) is 13.8. The number of rotatable bonds is 4. The maximum Gasteiger partial charge on any atom is 0.407 e. The zero-order valence-electron chi connectivity index (χ0n) is 12.9. The number of hydrogen-bond acceptors (Lipinski definition) is 4. The molecule has 1 aliphatic rings. The van der Waals surface area contributed by atoms with Crippen LogP contribution in [0.3, 0.4) is 0 Å². The Hall–Kier alpha value is -0.780. The van der Waals surface area contributed by atoms with Gasteiger partial charge in [0.15, 0.2) is 0 Å². The molecule has 1 aliphatic carbocycles. The molecule has 0 unspecified atom stereocenters. The largest absolute Gasteiger partial charge is 0.444 e. The number of alkyl carbamates (subject to hydrolysis) is 1. The van der Waals surface area contributed by atoms with Crippen LogP contribution >= 0.6 is 0 Å². The van der Waals surface area contributed by atoms with Crippen LogP contribution in [0, 0.1) is 5.92 Å². The number of carbonyl (C=O) groups excluding carboxylic acids is 1. The Bertz CT molecular complexity index is 417. The van der Waals surface area contributed by atoms with Crippen molar-refractivity contribution in [3.05, 3.63) is 0 Å². The van der Waals surface area contributed by atoms with Gasteiger partial charge in [-0.3, -0.25) is 0 Å². The van der Waals surface area contributed by atoms with Gasteiger partial charge in [0.05, 0.1) is 5.75 Å². The van der Waals surface area contributed by atoms with Crippen LogP contribution in [0.15, 0.2) is 0 Å². The average Bonchev–Trinajstić information content (AvgIpc) is 2.24. The first-order valence-electron chi connectivity index (χ1n) is 7.22. The van der Waals surface area contributed by atoms with Crippen molar-refractivity contribution in [3.63, 3.8) is 0 Å². The van der Waals surface area contributed by atoms with E-state index in [0.717, 1.165) is 32.1 Å². The fraction of sp³-hybridized carbons (Fsp3) is 0.929. The topological polar surface area (TPSA) is 72.5 Å². The Morgan fingerprint density at radius 2 is 1.75 bits per heavy atom. The number of nitrogens with one attached hydrogen (secondary N) is 1. The van der Waals surface area contributed by atoms with Crippen LogP contribution in [0.1, 0.15) is 52.9 Å². The van der Waals surface area contributed by atoms with E-state index in [-0.39, 0.29) is 17.9 Å². The van der Waals surface area contributed by atoms with Crippen LogP contribution in [-0.4, -0.2) is 38.2 Å². The Balaban J connectivity index is 2.27. The van der Waals surface area contributed by atoms with E-state index in [1.54, 1.807) is 0 Å². The molecule has 0 spiro atoms. The van der Waals surface area contributed by atoms with Gasteiger partial charge in [-0.05, 0) is 58.8 Å². The van der Waals surface area contributed by atoms with E-state index in [9.17, 15) is 13.2 Å². The van der Waals surface area contributed by atoms with E-state index in [4.69, 9.17) is 4.74 Å². The minimum Gasteiger partial charge on any atom is -0.444 e. The minimum absolute atomic E-state index is 0.152. The van der Waals surface area contributed by atoms with Crippen LogP contribution in [0.4, 0.5) is 4.79 Å². The first-order chi connectivity index (χ1) is 9.05. The quantitative estimate of drug-likeness (QED) is 0.866. The Morgan fingerprint density at radius 3 is 2.20 bits per heavy atom. The van der Waals surface area contributed by atoms with E-state index in [1.165, 1.54) is 6.26 Å². The molecule has 6 heteroatoms. The van der Waals surface area contributed by atoms with Crippen LogP contribution in [0.25, 0.3) is 0 Å². The van der Waals surface area contributed by atoms with Gasteiger partial charge in [-0.25, -0.2) is 13.2 Å². The van der Waals surface area contributed by atoms with Crippen molar-refractivity contribution in [2.45, 2.75) is 64.5 Å². The Kier molecular flexibility index (Phi) is 5.86. The van der Waals surface area contributed by atoms with Gasteiger partial charge in [0.2, 0.25) is 0 Å². The molecule has 5 nitrogen and oxygen atoms in total. The summed E-state index contributed by atoms with van der Waals surface area (Å²) in [6.45, 7) is 5.53. The maximum atomic E-state index is 11.7. The lowest BCUT2D eigenvalue weighted by Gasteiger charge is -2.30. The molecule has 0 aliphatic heterocycles. The van der Waals surface area contributed by atoms with Crippen LogP contribution in [-0.2, 0) is 14.6 Å². The molecule has 0 radical (unpaired) electrons. The fourth-order valence-electron chi connectivity index (χ4n) is 2.45. The summed E-state index contributed by atoms with van der Waals surface area (Å²) < 4.78 is 27.5. The third kappa shape index (κ3) is 7.72. The van der Waals surface area contributed by atoms with Gasteiger partial charge in [-0.1, -0.05) is 0 Å². The molecule has 1 saturated carbocycles. The standard InChI is InChI=1S/C14H27NO4S/c1-14(2,3)19-13(16)15-12-7-5-11(6-8-12)9-10-20(4,17)18/h11-12H,5-10H2,1-4H3,(H,15,16). The lowest BCUT2D eigenvalue weighted by Crippen LogP contribution is -2.41. The lowest BCUT2D eigenvalue weighted by molar-refractivity contribution is 0.0487. The summed E-state index contributed by atoms with van der Waals surface area (Å²) in [5, 5.41) is 2.89. The summed E-state index contributed by atoms with van der Waals surface area (Å²) in [7, 11) is -2.87. The third-order valence-corrected chi connectivity index (χ3v) is 4.44. The second-order valence-corrected chi connectivity index (χ2v) is 9.04. The monoisotopic (exact) mass is 305 g/mol. The molecule has 0 aromatic carbocycles. The normalized spacial score (nSPS) is 24.2. The summed E-state index contributed by atoms with van der Waals surface area (Å²) in [6.07, 6.45) is 5.38. The van der Waals surface area contributed by atoms with Gasteiger partial charge in [0, 0.05) is 12.3 Å². The number of hydrogen-bond donors (Lipinski definition) is 1. The maximum absolute atomic E-state index is 11.7. The number of sulfone groups is 1. The van der Waals surface area contributed by atoms with E-state index in [1.807, 2.05) is 20.8 Å². The van der Waals surface area contributed by atoms with E-state index < -0.39 is 15.4 Å². The van der Waals surface area contributed by atoms with E-state index >= 15 is 0 Å². The first-order valence-corrected chi connectivity index (χ1v) is 9.28. The summed E-state index contributed by atoms with van der Waals surface area (Å²) >= 11 is 0. The highest BCUT2D eigenvalue weighted by molar-refractivity contribution is 7.90. The van der Waals surface area contributed by atoms with Crippen LogP contribution < -0.4 is 5.32 Å². The molecule has 0 bridgehead atoms. The van der Waals surface area contributed by atoms with Gasteiger partial charge in [0.1, 0.15) is 15.4 Å². The van der Waals surface area contributed by atoms with Crippen molar-refractivity contribution in [1.29, 1.82) is 0 Å². The second-order valence-electron chi connectivity index (χ2n) is 6.78. The predicted octanol–water partition coefficient (Wildman–Crippen LogP) is 2.50. The zero-order chi connectivity index (χ0) is 15.4. The molecule has 118 valence electrons. The van der Waals surface area contributed by atoms with Crippen molar-refractivity contribution in [1.82, 2.24) is 5.32 Å². The third-order valence-electron chi connectivity index (χ3n) is 3.46. The number of amides is 1. The van der Waals surface area contributed by atoms with Crippen LogP contribution in [0.5, 0.6) is 0 Å². The van der Waals surface area contributed by atoms with Crippen molar-refractivity contribution in [2.75, 3.05) is 12.0 Å². The summed E-state index contributed by atoms with van der Waals surface area (Å²) in [4.78, 5) is 11.7. The lowest BCUT2D eigenvalue weighted by atomic mass is 9.84. The molecule has 20 heavy (non-hydrogen) atoms. The molecule has 0 aromatic heterocycles. The first kappa shape index (κ1) is 17.3. The Morgan fingerprint density at radius 1 is 1.20 bits per heavy atom. The van der Waals surface area contributed by atoms with Gasteiger partial charge >= 0.3 is 6.09 Å². The molecule has 1 fully saturated rings. The van der Waals surface area contributed by atoms with Crippen molar-refractivity contribution in [3.8, 4) is 0 Å². The van der Waals surface area contributed by atoms with Gasteiger partial charge < -0.3 is 10.1 Å². The van der Waals surface area contributed by atoms with Gasteiger partial charge in [0.25, 0.3) is 0 Å². The van der Waals surface area contributed by atoms with Crippen molar-refractivity contribution < 1.29 is 17.9 Å². The summed E-state index contributed by atoms with van der Waals surface area (Å²) in [5.41, 5.74) is -0.475. The SMILES string of the molecule is CC(C)(C)OC(=O)NC1CCC(CCS(C)(=O)=O)CC1. The Labute approximate surface area is 122 Å². The second kappa shape index (κ2) is 6.78. The highest BCUT2D eigenvalue weighted by atomic mass is 32.2. The van der Waals surface area contributed by atoms with E-state index in [2.05, 4.69) is 5.32 Å². The number of ether oxygens (including phenoxy) is 1. The molecule has 1 N–H and O–H groups in total. The summed E-state index contributed by atoms with van der Waals surface area (Å²) in [5.74, 6) is 0.725. The molecule has 0 atom stereocenters. The van der Waals surface area contributed by atoms with Gasteiger partial charge in [-0.2, -0.15) is 0 Å². The molecular formula is C14H27NO4S. The smallest absolute Gasteiger partial charge is 0.407 e. The molecule has 0 heterocycles. The highest BCUT2D eigenvalue weighted by Crippen LogP contribution is 2.27. The van der Waals surface area contributed by atoms with E-state index in [0.29, 0.717) is 5.92 Å². The summed E-state index contributed by atoms with van der Waals surface area (Å²) in [6, 6.07) is 0.152. The predicted molar refractivity (Wildman–Crippen MR) is 79.4 cm³/mol. The average molecular weight is 305 g/mol. The van der Waals surface area contributed by atoms with Crippen LogP contribution in [0.2, 0.25) is 0 Å². The minimum atomic E-state index is -2.87. The fourth-order valence-corrected chi connectivity index (χ4v) is 3.21. The molecule has 1 rings (SSSR count). The van der Waals surface area contributed by atoms with Crippen molar-refractivity contribution in [2.24, 2.45) is 5.92 Å². The van der Waals surface area contributed by atoms with Crippen molar-refractivity contribution >= 4 is 15.9 Å².